The number of hydrogen-bond acceptors (Lipinski definition) is 3. The number of rotatable bonds is 1. The Labute approximate surface area is 75.3 Å². The standard InChI is InChI=1S/C9H9NOS/c11-8-6-12-9(10-8)7-4-2-1-3-5-7/h1-5,8,11H,6H2. The van der Waals surface area contributed by atoms with E-state index in [1.165, 1.54) is 0 Å². The van der Waals surface area contributed by atoms with Crippen LogP contribution in [0.1, 0.15) is 5.56 Å². The highest BCUT2D eigenvalue weighted by atomic mass is 32.2. The zero-order chi connectivity index (χ0) is 8.39. The van der Waals surface area contributed by atoms with Gasteiger partial charge in [-0.25, -0.2) is 4.99 Å². The lowest BCUT2D eigenvalue weighted by Crippen LogP contribution is -1.98. The summed E-state index contributed by atoms with van der Waals surface area (Å²) < 4.78 is 0. The van der Waals surface area contributed by atoms with Crippen molar-refractivity contribution < 1.29 is 5.11 Å². The minimum Gasteiger partial charge on any atom is -0.371 e. The highest BCUT2D eigenvalue weighted by Gasteiger charge is 2.15. The number of nitrogens with zero attached hydrogens (tertiary/aromatic N) is 1. The Morgan fingerprint density at radius 1 is 1.33 bits per heavy atom. The van der Waals surface area contributed by atoms with E-state index in [0.29, 0.717) is 5.75 Å². The molecule has 62 valence electrons. The van der Waals surface area contributed by atoms with Crippen molar-refractivity contribution in [1.82, 2.24) is 0 Å². The van der Waals surface area contributed by atoms with Crippen LogP contribution in [0.3, 0.4) is 0 Å². The van der Waals surface area contributed by atoms with E-state index in [1.807, 2.05) is 30.3 Å². The van der Waals surface area contributed by atoms with Crippen LogP contribution in [-0.4, -0.2) is 22.1 Å². The van der Waals surface area contributed by atoms with E-state index in [-0.39, 0.29) is 0 Å². The highest BCUT2D eigenvalue weighted by molar-refractivity contribution is 8.14. The van der Waals surface area contributed by atoms with E-state index in [2.05, 4.69) is 4.99 Å². The molecule has 0 saturated heterocycles. The predicted molar refractivity (Wildman–Crippen MR) is 51.4 cm³/mol. The van der Waals surface area contributed by atoms with Crippen molar-refractivity contribution >= 4 is 16.8 Å². The molecule has 12 heavy (non-hydrogen) atoms. The molecule has 1 aromatic rings. The molecule has 0 amide bonds. The van der Waals surface area contributed by atoms with E-state index < -0.39 is 6.23 Å². The van der Waals surface area contributed by atoms with Crippen molar-refractivity contribution in [3.8, 4) is 0 Å². The van der Waals surface area contributed by atoms with Gasteiger partial charge in [-0.1, -0.05) is 30.3 Å². The minimum atomic E-state index is -0.509. The maximum absolute atomic E-state index is 9.15. The van der Waals surface area contributed by atoms with Crippen molar-refractivity contribution in [2.24, 2.45) is 4.99 Å². The summed E-state index contributed by atoms with van der Waals surface area (Å²) in [6.07, 6.45) is -0.509. The Morgan fingerprint density at radius 2 is 2.08 bits per heavy atom. The van der Waals surface area contributed by atoms with Crippen molar-refractivity contribution in [3.05, 3.63) is 35.9 Å². The van der Waals surface area contributed by atoms with Crippen molar-refractivity contribution in [3.63, 3.8) is 0 Å². The van der Waals surface area contributed by atoms with Crippen LogP contribution in [0.4, 0.5) is 0 Å². The Balaban J connectivity index is 2.27. The van der Waals surface area contributed by atoms with Gasteiger partial charge in [0.15, 0.2) is 6.23 Å². The van der Waals surface area contributed by atoms with Gasteiger partial charge in [-0.15, -0.1) is 11.8 Å². The third-order valence-corrected chi connectivity index (χ3v) is 2.74. The first-order valence-electron chi connectivity index (χ1n) is 3.80. The Morgan fingerprint density at radius 3 is 2.67 bits per heavy atom. The van der Waals surface area contributed by atoms with Crippen LogP contribution >= 0.6 is 11.8 Å². The molecule has 1 atom stereocenters. The number of aliphatic imine (C=N–C) groups is 1. The Kier molecular flexibility index (Phi) is 2.15. The first-order chi connectivity index (χ1) is 5.86. The van der Waals surface area contributed by atoms with Gasteiger partial charge in [-0.3, -0.25) is 0 Å². The third-order valence-electron chi connectivity index (χ3n) is 1.66. The number of benzene rings is 1. The average Bonchev–Trinajstić information content (AvgIpc) is 2.54. The molecule has 2 rings (SSSR count). The molecule has 0 fully saturated rings. The third kappa shape index (κ3) is 1.52. The minimum absolute atomic E-state index is 0.509. The zero-order valence-electron chi connectivity index (χ0n) is 6.47. The van der Waals surface area contributed by atoms with Crippen LogP contribution in [-0.2, 0) is 0 Å². The molecule has 2 nitrogen and oxygen atoms in total. The van der Waals surface area contributed by atoms with E-state index in [9.17, 15) is 0 Å². The van der Waals surface area contributed by atoms with Crippen molar-refractivity contribution in [2.75, 3.05) is 5.75 Å². The summed E-state index contributed by atoms with van der Waals surface area (Å²) in [6, 6.07) is 9.93. The number of aliphatic hydroxyl groups is 1. The molecule has 1 heterocycles. The second-order valence-corrected chi connectivity index (χ2v) is 3.60. The van der Waals surface area contributed by atoms with Crippen molar-refractivity contribution in [2.45, 2.75) is 6.23 Å². The highest BCUT2D eigenvalue weighted by Crippen LogP contribution is 2.21. The van der Waals surface area contributed by atoms with E-state index >= 15 is 0 Å². The van der Waals surface area contributed by atoms with Crippen LogP contribution in [0.2, 0.25) is 0 Å². The molecule has 1 aliphatic heterocycles. The molecular weight excluding hydrogens is 170 g/mol. The van der Waals surface area contributed by atoms with Crippen LogP contribution < -0.4 is 0 Å². The number of hydrogen-bond donors (Lipinski definition) is 1. The average molecular weight is 179 g/mol. The molecule has 0 spiro atoms. The lowest BCUT2D eigenvalue weighted by molar-refractivity contribution is 0.213. The monoisotopic (exact) mass is 179 g/mol. The van der Waals surface area contributed by atoms with Gasteiger partial charge in [0.1, 0.15) is 5.04 Å². The summed E-state index contributed by atoms with van der Waals surface area (Å²) in [5.41, 5.74) is 1.10. The summed E-state index contributed by atoms with van der Waals surface area (Å²) in [5, 5.41) is 10.1. The maximum Gasteiger partial charge on any atom is 0.155 e. The fraction of sp³-hybridized carbons (Fsp3) is 0.222. The van der Waals surface area contributed by atoms with Gasteiger partial charge in [0.2, 0.25) is 0 Å². The fourth-order valence-corrected chi connectivity index (χ4v) is 1.98. The Bertz CT molecular complexity index is 297. The second-order valence-electron chi connectivity index (χ2n) is 2.59. The molecule has 1 aliphatic rings. The zero-order valence-corrected chi connectivity index (χ0v) is 7.29. The van der Waals surface area contributed by atoms with Gasteiger partial charge < -0.3 is 5.11 Å². The lowest BCUT2D eigenvalue weighted by atomic mass is 10.2. The first kappa shape index (κ1) is 7.83. The van der Waals surface area contributed by atoms with Gasteiger partial charge >= 0.3 is 0 Å². The molecule has 1 aromatic carbocycles. The van der Waals surface area contributed by atoms with Gasteiger partial charge in [-0.05, 0) is 0 Å². The Hall–Kier alpha value is -0.800. The molecule has 0 bridgehead atoms. The summed E-state index contributed by atoms with van der Waals surface area (Å²) in [7, 11) is 0. The van der Waals surface area contributed by atoms with Gasteiger partial charge in [-0.2, -0.15) is 0 Å². The number of thioether (sulfide) groups is 1. The molecule has 1 N–H and O–H groups in total. The smallest absolute Gasteiger partial charge is 0.155 e. The van der Waals surface area contributed by atoms with Crippen molar-refractivity contribution in [1.29, 1.82) is 0 Å². The van der Waals surface area contributed by atoms with Gasteiger partial charge in [0.25, 0.3) is 0 Å². The quantitative estimate of drug-likeness (QED) is 0.708. The predicted octanol–water partition coefficient (Wildman–Crippen LogP) is 1.50. The molecule has 0 radical (unpaired) electrons. The second kappa shape index (κ2) is 3.29. The lowest BCUT2D eigenvalue weighted by Gasteiger charge is -1.96. The van der Waals surface area contributed by atoms with E-state index in [4.69, 9.17) is 5.11 Å². The fourth-order valence-electron chi connectivity index (χ4n) is 1.10. The summed E-state index contributed by atoms with van der Waals surface area (Å²) in [4.78, 5) is 4.09. The normalized spacial score (nSPS) is 22.4. The molecule has 1 unspecified atom stereocenters. The molecule has 0 aliphatic carbocycles. The SMILES string of the molecule is OC1CSC(c2ccccc2)=N1. The van der Waals surface area contributed by atoms with Crippen LogP contribution in [0.25, 0.3) is 0 Å². The molecule has 3 heteroatoms. The first-order valence-corrected chi connectivity index (χ1v) is 4.79. The maximum atomic E-state index is 9.15. The van der Waals surface area contributed by atoms with Crippen LogP contribution in [0.15, 0.2) is 35.3 Å². The van der Waals surface area contributed by atoms with E-state index in [1.54, 1.807) is 11.8 Å². The topological polar surface area (TPSA) is 32.6 Å². The number of aliphatic hydroxyl groups excluding tert-OH is 1. The van der Waals surface area contributed by atoms with Gasteiger partial charge in [0.05, 0.1) is 0 Å². The molecular formula is C9H9NOS. The van der Waals surface area contributed by atoms with Gasteiger partial charge in [0, 0.05) is 11.3 Å². The van der Waals surface area contributed by atoms with Crippen LogP contribution in [0, 0.1) is 0 Å². The summed E-state index contributed by atoms with van der Waals surface area (Å²) in [6.45, 7) is 0. The molecule has 0 aromatic heterocycles. The summed E-state index contributed by atoms with van der Waals surface area (Å²) in [5.74, 6) is 0.685. The summed E-state index contributed by atoms with van der Waals surface area (Å²) >= 11 is 1.60. The largest absolute Gasteiger partial charge is 0.371 e. The van der Waals surface area contributed by atoms with Crippen LogP contribution in [0.5, 0.6) is 0 Å². The molecule has 0 saturated carbocycles. The van der Waals surface area contributed by atoms with E-state index in [0.717, 1.165) is 10.6 Å².